The first kappa shape index (κ1) is 28.0. The number of carbonyl (C=O) groups excluding carboxylic acids is 1. The van der Waals surface area contributed by atoms with Gasteiger partial charge in [0.05, 0.1) is 19.3 Å². The van der Waals surface area contributed by atoms with Crippen LogP contribution in [0, 0.1) is 0 Å². The first-order valence-corrected chi connectivity index (χ1v) is 12.7. The SMILES string of the molecule is COCCNc1ccc(-c2ccc(CC(=O)Nc3cc(C(C)(C)C)on3)cc2)cn1.CS(=O)(=O)O. The second-order valence-corrected chi connectivity index (χ2v) is 10.3. The van der Waals surface area contributed by atoms with Gasteiger partial charge in [-0.1, -0.05) is 50.2 Å². The molecule has 3 rings (SSSR count). The summed E-state index contributed by atoms with van der Waals surface area (Å²) in [4.78, 5) is 16.7. The van der Waals surface area contributed by atoms with E-state index >= 15 is 0 Å². The zero-order valence-corrected chi connectivity index (χ0v) is 21.3. The molecule has 2 aromatic heterocycles. The highest BCUT2D eigenvalue weighted by atomic mass is 32.2. The van der Waals surface area contributed by atoms with Crippen LogP contribution in [0.15, 0.2) is 53.2 Å². The average molecular weight is 505 g/mol. The van der Waals surface area contributed by atoms with E-state index in [1.165, 1.54) is 0 Å². The number of aromatic nitrogens is 2. The molecule has 3 aromatic rings. The van der Waals surface area contributed by atoms with Gasteiger partial charge in [0.25, 0.3) is 10.1 Å². The molecule has 0 fully saturated rings. The minimum atomic E-state index is -3.67. The van der Waals surface area contributed by atoms with Gasteiger partial charge < -0.3 is 19.9 Å². The Morgan fingerprint density at radius 3 is 2.23 bits per heavy atom. The molecular weight excluding hydrogens is 472 g/mol. The summed E-state index contributed by atoms with van der Waals surface area (Å²) in [5, 5.41) is 9.90. The largest absolute Gasteiger partial charge is 0.383 e. The van der Waals surface area contributed by atoms with Crippen LogP contribution in [0.25, 0.3) is 11.1 Å². The van der Waals surface area contributed by atoms with E-state index in [0.717, 1.165) is 28.3 Å². The Kier molecular flexibility index (Phi) is 9.93. The minimum absolute atomic E-state index is 0.135. The molecule has 0 aliphatic rings. The molecule has 0 atom stereocenters. The maximum absolute atomic E-state index is 12.3. The number of amides is 1. The third-order valence-corrected chi connectivity index (χ3v) is 4.54. The molecule has 3 N–H and O–H groups in total. The van der Waals surface area contributed by atoms with E-state index in [0.29, 0.717) is 25.2 Å². The fraction of sp³-hybridized carbons (Fsp3) is 0.375. The van der Waals surface area contributed by atoms with Gasteiger partial charge in [-0.3, -0.25) is 9.35 Å². The van der Waals surface area contributed by atoms with Crippen molar-refractivity contribution in [1.29, 1.82) is 0 Å². The predicted molar refractivity (Wildman–Crippen MR) is 135 cm³/mol. The second kappa shape index (κ2) is 12.4. The zero-order valence-electron chi connectivity index (χ0n) is 20.5. The Morgan fingerprint density at radius 2 is 1.71 bits per heavy atom. The van der Waals surface area contributed by atoms with Crippen LogP contribution < -0.4 is 10.6 Å². The molecule has 190 valence electrons. The summed E-state index contributed by atoms with van der Waals surface area (Å²) in [5.41, 5.74) is 2.82. The van der Waals surface area contributed by atoms with Crippen LogP contribution in [0.5, 0.6) is 0 Å². The van der Waals surface area contributed by atoms with Crippen LogP contribution in [0.1, 0.15) is 32.1 Å². The topological polar surface area (TPSA) is 144 Å². The first-order chi connectivity index (χ1) is 16.3. The molecule has 0 aliphatic carbocycles. The molecule has 11 heteroatoms. The number of rotatable bonds is 8. The average Bonchev–Trinajstić information content (AvgIpc) is 3.23. The Labute approximate surface area is 205 Å². The number of pyridine rings is 1. The number of nitrogens with zero attached hydrogens (tertiary/aromatic N) is 2. The first-order valence-electron chi connectivity index (χ1n) is 10.8. The number of methoxy groups -OCH3 is 1. The number of carbonyl (C=O) groups is 1. The number of hydrogen-bond acceptors (Lipinski definition) is 8. The van der Waals surface area contributed by atoms with E-state index in [4.69, 9.17) is 13.8 Å². The Balaban J connectivity index is 0.000000784. The van der Waals surface area contributed by atoms with E-state index in [9.17, 15) is 13.2 Å². The van der Waals surface area contributed by atoms with Gasteiger partial charge in [0.2, 0.25) is 5.91 Å². The van der Waals surface area contributed by atoms with Gasteiger partial charge in [-0.2, -0.15) is 8.42 Å². The van der Waals surface area contributed by atoms with Crippen LogP contribution in [0.2, 0.25) is 0 Å². The van der Waals surface area contributed by atoms with Crippen molar-refractivity contribution in [2.45, 2.75) is 32.6 Å². The molecule has 0 saturated heterocycles. The van der Waals surface area contributed by atoms with Crippen molar-refractivity contribution in [2.24, 2.45) is 0 Å². The molecule has 0 aliphatic heterocycles. The molecule has 35 heavy (non-hydrogen) atoms. The summed E-state index contributed by atoms with van der Waals surface area (Å²) >= 11 is 0. The molecule has 1 amide bonds. The third-order valence-electron chi connectivity index (χ3n) is 4.54. The Bertz CT molecular complexity index is 1180. The lowest BCUT2D eigenvalue weighted by Crippen LogP contribution is -2.14. The molecule has 0 unspecified atom stereocenters. The smallest absolute Gasteiger partial charge is 0.261 e. The standard InChI is InChI=1S/C23H28N4O3.CH4O3S/c1-23(2,3)19-14-21(27-30-19)26-22(28)13-16-5-7-17(8-6-16)18-9-10-20(25-15-18)24-11-12-29-4;1-5(2,3)4/h5-10,14-15H,11-13H2,1-4H3,(H,24,25)(H,26,27,28);1H3,(H,2,3,4). The van der Waals surface area contributed by atoms with Crippen LogP contribution in [0.4, 0.5) is 11.6 Å². The quantitative estimate of drug-likeness (QED) is 0.308. The van der Waals surface area contributed by atoms with Gasteiger partial charge >= 0.3 is 0 Å². The van der Waals surface area contributed by atoms with E-state index < -0.39 is 10.1 Å². The normalized spacial score (nSPS) is 11.4. The fourth-order valence-electron chi connectivity index (χ4n) is 2.83. The van der Waals surface area contributed by atoms with Crippen LogP contribution in [-0.4, -0.2) is 55.5 Å². The van der Waals surface area contributed by atoms with Crippen LogP contribution in [0.3, 0.4) is 0 Å². The lowest BCUT2D eigenvalue weighted by molar-refractivity contribution is -0.115. The van der Waals surface area contributed by atoms with Crippen molar-refractivity contribution in [1.82, 2.24) is 10.1 Å². The Morgan fingerprint density at radius 1 is 1.09 bits per heavy atom. The fourth-order valence-corrected chi connectivity index (χ4v) is 2.83. The molecule has 1 aromatic carbocycles. The summed E-state index contributed by atoms with van der Waals surface area (Å²) < 4.78 is 36.2. The maximum Gasteiger partial charge on any atom is 0.261 e. The number of anilines is 2. The van der Waals surface area contributed by atoms with Gasteiger partial charge in [0.1, 0.15) is 11.6 Å². The van der Waals surface area contributed by atoms with Crippen molar-refractivity contribution < 1.29 is 27.0 Å². The maximum atomic E-state index is 12.3. The minimum Gasteiger partial charge on any atom is -0.383 e. The van der Waals surface area contributed by atoms with Gasteiger partial charge in [0.15, 0.2) is 5.82 Å². The molecule has 2 heterocycles. The van der Waals surface area contributed by atoms with E-state index in [1.807, 2.05) is 63.4 Å². The van der Waals surface area contributed by atoms with Gasteiger partial charge in [-0.05, 0) is 23.3 Å². The summed E-state index contributed by atoms with van der Waals surface area (Å²) in [5.74, 6) is 1.85. The van der Waals surface area contributed by atoms with Crippen LogP contribution in [-0.2, 0) is 31.5 Å². The van der Waals surface area contributed by atoms with Crippen LogP contribution >= 0.6 is 0 Å². The van der Waals surface area contributed by atoms with E-state index in [1.54, 1.807) is 13.2 Å². The van der Waals surface area contributed by atoms with Crippen molar-refractivity contribution in [3.63, 3.8) is 0 Å². The molecule has 10 nitrogen and oxygen atoms in total. The third kappa shape index (κ3) is 10.7. The van der Waals surface area contributed by atoms with Gasteiger partial charge in [0, 0.05) is 36.9 Å². The summed E-state index contributed by atoms with van der Waals surface area (Å²) in [6, 6.07) is 13.6. The van der Waals surface area contributed by atoms with E-state index in [2.05, 4.69) is 20.8 Å². The molecule has 0 saturated carbocycles. The van der Waals surface area contributed by atoms with E-state index in [-0.39, 0.29) is 17.7 Å². The van der Waals surface area contributed by atoms with Crippen molar-refractivity contribution in [3.8, 4) is 11.1 Å². The summed E-state index contributed by atoms with van der Waals surface area (Å²) in [7, 11) is -2.00. The molecule has 0 bridgehead atoms. The van der Waals surface area contributed by atoms with Gasteiger partial charge in [-0.15, -0.1) is 0 Å². The lowest BCUT2D eigenvalue weighted by atomic mass is 9.93. The highest BCUT2D eigenvalue weighted by Crippen LogP contribution is 2.24. The van der Waals surface area contributed by atoms with Gasteiger partial charge in [-0.25, -0.2) is 4.98 Å². The number of nitrogens with one attached hydrogen (secondary N) is 2. The Hall–Kier alpha value is -3.28. The molecule has 0 radical (unpaired) electrons. The van der Waals surface area contributed by atoms with Crippen molar-refractivity contribution >= 4 is 27.7 Å². The summed E-state index contributed by atoms with van der Waals surface area (Å²) in [6.45, 7) is 7.43. The van der Waals surface area contributed by atoms with Crippen molar-refractivity contribution in [3.05, 3.63) is 60.0 Å². The number of benzene rings is 1. The molecule has 0 spiro atoms. The van der Waals surface area contributed by atoms with Crippen molar-refractivity contribution in [2.75, 3.05) is 37.2 Å². The predicted octanol–water partition coefficient (Wildman–Crippen LogP) is 3.78. The summed E-state index contributed by atoms with van der Waals surface area (Å²) in [6.07, 6.45) is 2.81. The second-order valence-electron chi connectivity index (χ2n) is 8.83. The lowest BCUT2D eigenvalue weighted by Gasteiger charge is -2.12. The molecular formula is C24H32N4O6S. The monoisotopic (exact) mass is 504 g/mol. The number of hydrogen-bond donors (Lipinski definition) is 3. The highest BCUT2D eigenvalue weighted by Gasteiger charge is 2.20. The number of ether oxygens (including phenoxy) is 1. The highest BCUT2D eigenvalue weighted by molar-refractivity contribution is 7.85. The zero-order chi connectivity index (χ0) is 26.1.